The summed E-state index contributed by atoms with van der Waals surface area (Å²) in [6.45, 7) is 2.06. The van der Waals surface area contributed by atoms with Crippen LogP contribution in [0.3, 0.4) is 0 Å². The van der Waals surface area contributed by atoms with Crippen molar-refractivity contribution in [1.29, 1.82) is 5.26 Å². The van der Waals surface area contributed by atoms with E-state index in [-0.39, 0.29) is 17.3 Å². The Morgan fingerprint density at radius 2 is 1.70 bits per heavy atom. The third-order valence-corrected chi connectivity index (χ3v) is 3.66. The molecule has 112 valence electrons. The molecule has 2 aromatic carbocycles. The summed E-state index contributed by atoms with van der Waals surface area (Å²) >= 11 is 0. The van der Waals surface area contributed by atoms with E-state index < -0.39 is 0 Å². The van der Waals surface area contributed by atoms with E-state index in [1.54, 1.807) is 0 Å². The topological polar surface area (TPSA) is 102 Å². The molecule has 0 saturated heterocycles. The second-order valence-corrected chi connectivity index (χ2v) is 5.20. The summed E-state index contributed by atoms with van der Waals surface area (Å²) in [6, 6.07) is 18.0. The fraction of sp³-hybridized carbons (Fsp3) is 0.0556. The summed E-state index contributed by atoms with van der Waals surface area (Å²) < 4.78 is 0. The van der Waals surface area contributed by atoms with E-state index in [0.717, 1.165) is 16.7 Å². The summed E-state index contributed by atoms with van der Waals surface area (Å²) in [5, 5.41) is 9.33. The number of nitrogen functional groups attached to an aromatic ring is 2. The van der Waals surface area contributed by atoms with E-state index in [1.165, 1.54) is 5.56 Å². The zero-order chi connectivity index (χ0) is 16.4. The maximum absolute atomic E-state index is 9.33. The van der Waals surface area contributed by atoms with Crippen LogP contribution in [0.4, 0.5) is 11.8 Å². The number of hydrogen-bond donors (Lipinski definition) is 2. The Balaban J connectivity index is 2.19. The predicted octanol–water partition coefficient (Wildman–Crippen LogP) is 3.16. The smallest absolute Gasteiger partial charge is 0.222 e. The van der Waals surface area contributed by atoms with Crippen LogP contribution >= 0.6 is 0 Å². The molecule has 0 aliphatic heterocycles. The number of nitriles is 1. The van der Waals surface area contributed by atoms with Gasteiger partial charge in [-0.1, -0.05) is 42.5 Å². The van der Waals surface area contributed by atoms with E-state index in [2.05, 4.69) is 35.1 Å². The Morgan fingerprint density at radius 1 is 0.957 bits per heavy atom. The van der Waals surface area contributed by atoms with Gasteiger partial charge in [0.15, 0.2) is 0 Å². The number of anilines is 2. The molecule has 0 aliphatic carbocycles. The molecular weight excluding hydrogens is 286 g/mol. The maximum atomic E-state index is 9.33. The Morgan fingerprint density at radius 3 is 2.43 bits per heavy atom. The van der Waals surface area contributed by atoms with Crippen molar-refractivity contribution < 1.29 is 0 Å². The molecular formula is C18H15N5. The summed E-state index contributed by atoms with van der Waals surface area (Å²) in [5.41, 5.74) is 16.3. The Hall–Kier alpha value is -3.39. The second kappa shape index (κ2) is 5.78. The first kappa shape index (κ1) is 14.5. The zero-order valence-electron chi connectivity index (χ0n) is 12.6. The first-order chi connectivity index (χ1) is 11.1. The lowest BCUT2D eigenvalue weighted by molar-refractivity contribution is 1.18. The number of hydrogen-bond acceptors (Lipinski definition) is 5. The fourth-order valence-corrected chi connectivity index (χ4v) is 2.55. The van der Waals surface area contributed by atoms with Gasteiger partial charge < -0.3 is 11.5 Å². The van der Waals surface area contributed by atoms with Gasteiger partial charge >= 0.3 is 0 Å². The third-order valence-electron chi connectivity index (χ3n) is 3.66. The van der Waals surface area contributed by atoms with Gasteiger partial charge in [-0.3, -0.25) is 0 Å². The van der Waals surface area contributed by atoms with E-state index in [1.807, 2.05) is 36.4 Å². The van der Waals surface area contributed by atoms with Crippen molar-refractivity contribution in [1.82, 2.24) is 9.97 Å². The number of benzene rings is 2. The normalized spacial score (nSPS) is 10.3. The largest absolute Gasteiger partial charge is 0.382 e. The summed E-state index contributed by atoms with van der Waals surface area (Å²) in [6.07, 6.45) is 0. The second-order valence-electron chi connectivity index (χ2n) is 5.20. The molecule has 0 bridgehead atoms. The van der Waals surface area contributed by atoms with Crippen LogP contribution in [0.25, 0.3) is 22.4 Å². The average molecular weight is 301 g/mol. The highest BCUT2D eigenvalue weighted by Crippen LogP contribution is 2.30. The van der Waals surface area contributed by atoms with Crippen molar-refractivity contribution in [2.45, 2.75) is 6.92 Å². The average Bonchev–Trinajstić information content (AvgIpc) is 2.55. The van der Waals surface area contributed by atoms with Gasteiger partial charge in [0.05, 0.1) is 5.69 Å². The monoisotopic (exact) mass is 301 g/mol. The van der Waals surface area contributed by atoms with Gasteiger partial charge in [0.1, 0.15) is 17.5 Å². The molecule has 0 unspecified atom stereocenters. The Labute approximate surface area is 134 Å². The van der Waals surface area contributed by atoms with E-state index in [4.69, 9.17) is 11.5 Å². The van der Waals surface area contributed by atoms with Crippen LogP contribution in [0.5, 0.6) is 0 Å². The Bertz CT molecular complexity index is 925. The lowest BCUT2D eigenvalue weighted by atomic mass is 9.97. The molecule has 23 heavy (non-hydrogen) atoms. The highest BCUT2D eigenvalue weighted by molar-refractivity contribution is 5.78. The van der Waals surface area contributed by atoms with Crippen molar-refractivity contribution in [3.63, 3.8) is 0 Å². The first-order valence-corrected chi connectivity index (χ1v) is 7.09. The molecule has 5 nitrogen and oxygen atoms in total. The zero-order valence-corrected chi connectivity index (χ0v) is 12.6. The van der Waals surface area contributed by atoms with Crippen LogP contribution in [-0.4, -0.2) is 9.97 Å². The minimum absolute atomic E-state index is 0.0535. The van der Waals surface area contributed by atoms with Crippen molar-refractivity contribution in [3.8, 4) is 28.5 Å². The third kappa shape index (κ3) is 2.70. The van der Waals surface area contributed by atoms with Crippen LogP contribution in [0, 0.1) is 18.3 Å². The van der Waals surface area contributed by atoms with Gasteiger partial charge in [0, 0.05) is 5.56 Å². The minimum Gasteiger partial charge on any atom is -0.382 e. The number of rotatable bonds is 2. The van der Waals surface area contributed by atoms with Crippen molar-refractivity contribution in [3.05, 3.63) is 59.7 Å². The van der Waals surface area contributed by atoms with Crippen molar-refractivity contribution >= 4 is 11.8 Å². The van der Waals surface area contributed by atoms with E-state index in [9.17, 15) is 5.26 Å². The summed E-state index contributed by atoms with van der Waals surface area (Å²) in [7, 11) is 0. The molecule has 0 atom stereocenters. The molecule has 5 heteroatoms. The van der Waals surface area contributed by atoms with Crippen LogP contribution in [0.1, 0.15) is 11.1 Å². The fourth-order valence-electron chi connectivity index (χ4n) is 2.55. The first-order valence-electron chi connectivity index (χ1n) is 7.09. The molecule has 0 saturated carbocycles. The minimum atomic E-state index is 0.0535. The molecule has 0 radical (unpaired) electrons. The molecule has 0 fully saturated rings. The Kier molecular flexibility index (Phi) is 3.65. The van der Waals surface area contributed by atoms with E-state index in [0.29, 0.717) is 5.69 Å². The molecule has 3 aromatic rings. The number of aryl methyl sites for hydroxylation is 1. The molecule has 3 rings (SSSR count). The predicted molar refractivity (Wildman–Crippen MR) is 91.2 cm³/mol. The lowest BCUT2D eigenvalue weighted by Crippen LogP contribution is -2.05. The van der Waals surface area contributed by atoms with Gasteiger partial charge in [-0.15, -0.1) is 0 Å². The van der Waals surface area contributed by atoms with Crippen molar-refractivity contribution in [2.24, 2.45) is 0 Å². The number of nitrogens with zero attached hydrogens (tertiary/aromatic N) is 3. The van der Waals surface area contributed by atoms with E-state index >= 15 is 0 Å². The van der Waals surface area contributed by atoms with Crippen LogP contribution < -0.4 is 11.5 Å². The highest BCUT2D eigenvalue weighted by Gasteiger charge is 2.14. The van der Waals surface area contributed by atoms with Gasteiger partial charge in [-0.25, -0.2) is 4.98 Å². The van der Waals surface area contributed by atoms with Gasteiger partial charge in [-0.2, -0.15) is 10.2 Å². The maximum Gasteiger partial charge on any atom is 0.222 e. The van der Waals surface area contributed by atoms with Crippen molar-refractivity contribution in [2.75, 3.05) is 11.5 Å². The molecule has 4 N–H and O–H groups in total. The molecule has 1 heterocycles. The standard InChI is InChI=1S/C18H15N5/c1-11-5-2-3-8-14(11)12-6-4-7-13(9-12)16-15(10-19)17(20)23-18(21)22-16/h2-9H,1H3,(H4,20,21,22,23). The lowest BCUT2D eigenvalue weighted by Gasteiger charge is -2.10. The molecule has 1 aromatic heterocycles. The number of nitrogens with two attached hydrogens (primary N) is 2. The van der Waals surface area contributed by atoms with Crippen LogP contribution in [0.2, 0.25) is 0 Å². The summed E-state index contributed by atoms with van der Waals surface area (Å²) in [5.74, 6) is 0.147. The quantitative estimate of drug-likeness (QED) is 0.757. The van der Waals surface area contributed by atoms with Gasteiger partial charge in [0.25, 0.3) is 0 Å². The van der Waals surface area contributed by atoms with Gasteiger partial charge in [-0.05, 0) is 29.7 Å². The molecule has 0 amide bonds. The highest BCUT2D eigenvalue weighted by atomic mass is 15.0. The van der Waals surface area contributed by atoms with Gasteiger partial charge in [0.2, 0.25) is 5.95 Å². The van der Waals surface area contributed by atoms with Crippen LogP contribution in [0.15, 0.2) is 48.5 Å². The SMILES string of the molecule is Cc1ccccc1-c1cccc(-c2nc(N)nc(N)c2C#N)c1. The summed E-state index contributed by atoms with van der Waals surface area (Å²) in [4.78, 5) is 8.04. The number of aromatic nitrogens is 2. The van der Waals surface area contributed by atoms with Crippen LogP contribution in [-0.2, 0) is 0 Å². The molecule has 0 aliphatic rings. The molecule has 0 spiro atoms.